The largest absolute Gasteiger partial charge is 0.388 e. The molecular formula is C21H27NO2S2. The van der Waals surface area contributed by atoms with Crippen LogP contribution in [-0.2, 0) is 16.0 Å². The van der Waals surface area contributed by atoms with Gasteiger partial charge in [0.1, 0.15) is 0 Å². The monoisotopic (exact) mass is 389 g/mol. The van der Waals surface area contributed by atoms with Crippen molar-refractivity contribution < 1.29 is 9.90 Å². The molecule has 1 unspecified atom stereocenters. The molecule has 1 aliphatic rings. The molecule has 1 aromatic carbocycles. The number of carbonyl (C=O) groups excluding carboxylic acids is 1. The summed E-state index contributed by atoms with van der Waals surface area (Å²) in [5.74, 6) is 1.47. The summed E-state index contributed by atoms with van der Waals surface area (Å²) in [5, 5.41) is 13.0. The summed E-state index contributed by atoms with van der Waals surface area (Å²) in [7, 11) is 0. The summed E-state index contributed by atoms with van der Waals surface area (Å²) in [6.45, 7) is 2.51. The van der Waals surface area contributed by atoms with E-state index in [4.69, 9.17) is 0 Å². The van der Waals surface area contributed by atoms with Crippen molar-refractivity contribution in [3.05, 3.63) is 57.8 Å². The van der Waals surface area contributed by atoms with Crippen molar-refractivity contribution in [2.75, 3.05) is 12.3 Å². The first-order valence-electron chi connectivity index (χ1n) is 9.26. The molecule has 5 heteroatoms. The van der Waals surface area contributed by atoms with E-state index in [-0.39, 0.29) is 11.3 Å². The third-order valence-electron chi connectivity index (χ3n) is 5.09. The second-order valence-corrected chi connectivity index (χ2v) is 9.22. The van der Waals surface area contributed by atoms with Crippen LogP contribution in [0.2, 0.25) is 0 Å². The molecule has 1 heterocycles. The number of hydrogen-bond donors (Lipinski definition) is 2. The lowest BCUT2D eigenvalue weighted by atomic mass is 9.84. The Morgan fingerprint density at radius 2 is 1.96 bits per heavy atom. The predicted octanol–water partition coefficient (Wildman–Crippen LogP) is 4.66. The van der Waals surface area contributed by atoms with Crippen LogP contribution in [-0.4, -0.2) is 23.3 Å². The molecule has 0 bridgehead atoms. The van der Waals surface area contributed by atoms with Crippen molar-refractivity contribution in [2.24, 2.45) is 0 Å². The van der Waals surface area contributed by atoms with Crippen molar-refractivity contribution in [3.8, 4) is 0 Å². The molecule has 1 aliphatic carbocycles. The van der Waals surface area contributed by atoms with Gasteiger partial charge in [-0.3, -0.25) is 4.79 Å². The number of rotatable bonds is 8. The number of nitrogens with one attached hydrogen (secondary N) is 1. The molecule has 3 rings (SSSR count). The topological polar surface area (TPSA) is 49.3 Å². The molecule has 1 saturated carbocycles. The maximum Gasteiger partial charge on any atom is 0.230 e. The standard InChI is InChI=1S/C21H27NO2S2/c1-16(23)18-9-10-19(26-18)21(11-5-6-12-21)15-22-20(24)14-25-13-17-7-3-2-4-8-17/h2-4,7-10,16,23H,5-6,11-15H2,1H3,(H,22,24). The molecule has 2 aromatic rings. The lowest BCUT2D eigenvalue weighted by molar-refractivity contribution is -0.118. The Hall–Kier alpha value is -1.30. The van der Waals surface area contributed by atoms with Gasteiger partial charge >= 0.3 is 0 Å². The fraction of sp³-hybridized carbons (Fsp3) is 0.476. The highest BCUT2D eigenvalue weighted by Gasteiger charge is 2.37. The Morgan fingerprint density at radius 1 is 1.23 bits per heavy atom. The van der Waals surface area contributed by atoms with Crippen LogP contribution in [0.15, 0.2) is 42.5 Å². The lowest BCUT2D eigenvalue weighted by Gasteiger charge is -2.28. The van der Waals surface area contributed by atoms with E-state index in [1.165, 1.54) is 23.3 Å². The zero-order valence-corrected chi connectivity index (χ0v) is 16.9. The summed E-state index contributed by atoms with van der Waals surface area (Å²) in [6.07, 6.45) is 4.23. The molecular weight excluding hydrogens is 362 g/mol. The normalized spacial score (nSPS) is 17.2. The van der Waals surface area contributed by atoms with Crippen LogP contribution in [0.3, 0.4) is 0 Å². The number of aliphatic hydroxyl groups is 1. The summed E-state index contributed by atoms with van der Waals surface area (Å²) < 4.78 is 0. The highest BCUT2D eigenvalue weighted by atomic mass is 32.2. The van der Waals surface area contributed by atoms with Gasteiger partial charge in [-0.1, -0.05) is 43.2 Å². The number of thiophene rings is 1. The Bertz CT molecular complexity index is 706. The van der Waals surface area contributed by atoms with E-state index in [2.05, 4.69) is 23.5 Å². The predicted molar refractivity (Wildman–Crippen MR) is 111 cm³/mol. The van der Waals surface area contributed by atoms with Gasteiger partial charge in [-0.25, -0.2) is 0 Å². The van der Waals surface area contributed by atoms with Crippen molar-refractivity contribution in [3.63, 3.8) is 0 Å². The van der Waals surface area contributed by atoms with Crippen molar-refractivity contribution in [1.82, 2.24) is 5.32 Å². The molecule has 0 aliphatic heterocycles. The Labute approximate surface area is 164 Å². The summed E-state index contributed by atoms with van der Waals surface area (Å²) in [6, 6.07) is 14.4. The van der Waals surface area contributed by atoms with Gasteiger partial charge in [-0.2, -0.15) is 0 Å². The average Bonchev–Trinajstić information content (AvgIpc) is 3.31. The van der Waals surface area contributed by atoms with Gasteiger partial charge in [0.15, 0.2) is 0 Å². The molecule has 140 valence electrons. The van der Waals surface area contributed by atoms with Gasteiger partial charge in [0.2, 0.25) is 5.91 Å². The summed E-state index contributed by atoms with van der Waals surface area (Å²) >= 11 is 3.35. The van der Waals surface area contributed by atoms with E-state index in [0.29, 0.717) is 12.3 Å². The number of hydrogen-bond acceptors (Lipinski definition) is 4. The van der Waals surface area contributed by atoms with E-state index < -0.39 is 6.10 Å². The minimum Gasteiger partial charge on any atom is -0.388 e. The Kier molecular flexibility index (Phi) is 6.79. The molecule has 1 fully saturated rings. The van der Waals surface area contributed by atoms with Gasteiger partial charge in [0.05, 0.1) is 11.9 Å². The smallest absolute Gasteiger partial charge is 0.230 e. The molecule has 1 aromatic heterocycles. The fourth-order valence-electron chi connectivity index (χ4n) is 3.58. The Morgan fingerprint density at radius 3 is 2.62 bits per heavy atom. The minimum atomic E-state index is -0.420. The second-order valence-electron chi connectivity index (χ2n) is 7.12. The van der Waals surface area contributed by atoms with Crippen LogP contribution in [0.25, 0.3) is 0 Å². The first-order valence-corrected chi connectivity index (χ1v) is 11.2. The number of thioether (sulfide) groups is 1. The minimum absolute atomic E-state index is 0.0531. The lowest BCUT2D eigenvalue weighted by Crippen LogP contribution is -2.39. The van der Waals surface area contributed by atoms with Gasteiger partial charge in [0, 0.05) is 27.5 Å². The van der Waals surface area contributed by atoms with Gasteiger partial charge < -0.3 is 10.4 Å². The molecule has 1 amide bonds. The summed E-state index contributed by atoms with van der Waals surface area (Å²) in [4.78, 5) is 14.6. The Balaban J connectivity index is 1.52. The molecule has 0 saturated heterocycles. The van der Waals surface area contributed by atoms with E-state index in [0.717, 1.165) is 23.5 Å². The van der Waals surface area contributed by atoms with Crippen molar-refractivity contribution in [1.29, 1.82) is 0 Å². The van der Waals surface area contributed by atoms with Crippen LogP contribution >= 0.6 is 23.1 Å². The first kappa shape index (κ1) is 19.5. The van der Waals surface area contributed by atoms with E-state index in [9.17, 15) is 9.90 Å². The highest BCUT2D eigenvalue weighted by Crippen LogP contribution is 2.44. The molecule has 1 atom stereocenters. The number of carbonyl (C=O) groups is 1. The maximum absolute atomic E-state index is 12.3. The zero-order chi connectivity index (χ0) is 18.4. The van der Waals surface area contributed by atoms with Crippen LogP contribution in [0.5, 0.6) is 0 Å². The van der Waals surface area contributed by atoms with Crippen LogP contribution in [0.4, 0.5) is 0 Å². The van der Waals surface area contributed by atoms with Gasteiger partial charge in [0.25, 0.3) is 0 Å². The van der Waals surface area contributed by atoms with Crippen LogP contribution < -0.4 is 5.32 Å². The van der Waals surface area contributed by atoms with E-state index >= 15 is 0 Å². The first-order chi connectivity index (χ1) is 12.6. The quantitative estimate of drug-likeness (QED) is 0.690. The second kappa shape index (κ2) is 9.07. The SMILES string of the molecule is CC(O)c1ccc(C2(CNC(=O)CSCc3ccccc3)CCCC2)s1. The molecule has 26 heavy (non-hydrogen) atoms. The van der Waals surface area contributed by atoms with Crippen molar-refractivity contribution in [2.45, 2.75) is 49.9 Å². The maximum atomic E-state index is 12.3. The molecule has 3 nitrogen and oxygen atoms in total. The number of aliphatic hydroxyl groups excluding tert-OH is 1. The average molecular weight is 390 g/mol. The van der Waals surface area contributed by atoms with Gasteiger partial charge in [-0.05, 0) is 37.5 Å². The molecule has 2 N–H and O–H groups in total. The van der Waals surface area contributed by atoms with E-state index in [1.54, 1.807) is 23.1 Å². The van der Waals surface area contributed by atoms with E-state index in [1.807, 2.05) is 31.2 Å². The van der Waals surface area contributed by atoms with Crippen molar-refractivity contribution >= 4 is 29.0 Å². The fourth-order valence-corrected chi connectivity index (χ4v) is 5.59. The summed E-state index contributed by atoms with van der Waals surface area (Å²) in [5.41, 5.74) is 1.30. The zero-order valence-electron chi connectivity index (χ0n) is 15.2. The number of benzene rings is 1. The highest BCUT2D eigenvalue weighted by molar-refractivity contribution is 7.99. The molecule has 0 radical (unpaired) electrons. The van der Waals surface area contributed by atoms with Gasteiger partial charge in [-0.15, -0.1) is 23.1 Å². The number of amides is 1. The molecule has 0 spiro atoms. The van der Waals surface area contributed by atoms with Crippen LogP contribution in [0.1, 0.15) is 54.0 Å². The third-order valence-corrected chi connectivity index (χ3v) is 7.60. The third kappa shape index (κ3) is 4.90. The van der Waals surface area contributed by atoms with Crippen LogP contribution in [0, 0.1) is 0 Å².